The second-order valence-electron chi connectivity index (χ2n) is 2.17. The van der Waals surface area contributed by atoms with Gasteiger partial charge in [0.15, 0.2) is 0 Å². The molecule has 8 N–H and O–H groups in total. The van der Waals surface area contributed by atoms with Gasteiger partial charge >= 0.3 is 0 Å². The minimum absolute atomic E-state index is 0.315. The smallest absolute Gasteiger partial charge is 0.147 e. The Bertz CT molecular complexity index is 181. The predicted molar refractivity (Wildman–Crippen MR) is 42.6 cm³/mol. The van der Waals surface area contributed by atoms with Gasteiger partial charge in [-0.05, 0) is 6.92 Å². The molecule has 0 atom stereocenters. The van der Waals surface area contributed by atoms with E-state index in [1.165, 1.54) is 4.68 Å². The van der Waals surface area contributed by atoms with Gasteiger partial charge in [-0.3, -0.25) is 0 Å². The van der Waals surface area contributed by atoms with E-state index < -0.39 is 0 Å². The van der Waals surface area contributed by atoms with Crippen LogP contribution in [-0.2, 0) is 0 Å². The summed E-state index contributed by atoms with van der Waals surface area (Å²) >= 11 is 0. The van der Waals surface area contributed by atoms with Gasteiger partial charge in [0.05, 0.1) is 17.1 Å². The average molecular weight is 141 g/mol. The first-order chi connectivity index (χ1) is 4.55. The van der Waals surface area contributed by atoms with Crippen molar-refractivity contribution in [2.75, 3.05) is 23.0 Å². The van der Waals surface area contributed by atoms with Crippen molar-refractivity contribution in [2.45, 2.75) is 6.92 Å². The summed E-state index contributed by atoms with van der Waals surface area (Å²) in [7, 11) is 0. The molecule has 0 aliphatic carbocycles. The lowest BCUT2D eigenvalue weighted by molar-refractivity contribution is 0.977. The topological polar surface area (TPSA) is 109 Å². The monoisotopic (exact) mass is 141 g/mol. The van der Waals surface area contributed by atoms with Crippen molar-refractivity contribution in [3.05, 3.63) is 5.69 Å². The molecule has 1 rings (SSSR count). The molecule has 0 aliphatic rings. The fraction of sp³-hybridized carbons (Fsp3) is 0.200. The maximum atomic E-state index is 5.50. The van der Waals surface area contributed by atoms with Crippen LogP contribution in [0, 0.1) is 6.92 Å². The van der Waals surface area contributed by atoms with Crippen LogP contribution in [0.2, 0.25) is 0 Å². The highest BCUT2D eigenvalue weighted by molar-refractivity contribution is 5.78. The first kappa shape index (κ1) is 6.60. The lowest BCUT2D eigenvalue weighted by Gasteiger charge is -1.97. The molecule has 0 aliphatic heterocycles. The molecule has 0 amide bonds. The van der Waals surface area contributed by atoms with Crippen LogP contribution in [0.3, 0.4) is 0 Å². The molecule has 56 valence electrons. The summed E-state index contributed by atoms with van der Waals surface area (Å²) in [5.74, 6) is 5.75. The van der Waals surface area contributed by atoms with E-state index >= 15 is 0 Å². The van der Waals surface area contributed by atoms with Crippen LogP contribution >= 0.6 is 0 Å². The quantitative estimate of drug-likeness (QED) is 0.356. The molecule has 0 bridgehead atoms. The first-order valence-electron chi connectivity index (χ1n) is 2.82. The van der Waals surface area contributed by atoms with Crippen LogP contribution in [0.5, 0.6) is 0 Å². The van der Waals surface area contributed by atoms with E-state index in [9.17, 15) is 0 Å². The van der Waals surface area contributed by atoms with Crippen molar-refractivity contribution < 1.29 is 0 Å². The van der Waals surface area contributed by atoms with Crippen LogP contribution in [-0.4, -0.2) is 4.68 Å². The SMILES string of the molecule is Cc1c(N)c(N)c(N)n1N. The molecule has 0 saturated carbocycles. The molecule has 0 spiro atoms. The average Bonchev–Trinajstić information content (AvgIpc) is 2.07. The molecule has 0 unspecified atom stereocenters. The highest BCUT2D eigenvalue weighted by Crippen LogP contribution is 2.26. The van der Waals surface area contributed by atoms with Crippen molar-refractivity contribution in [2.24, 2.45) is 0 Å². The zero-order valence-electron chi connectivity index (χ0n) is 5.76. The molecule has 0 saturated heterocycles. The number of nitrogen functional groups attached to an aromatic ring is 4. The Labute approximate surface area is 58.5 Å². The Morgan fingerprint density at radius 2 is 1.60 bits per heavy atom. The number of nitrogens with two attached hydrogens (primary N) is 4. The number of aromatic nitrogens is 1. The van der Waals surface area contributed by atoms with Gasteiger partial charge in [-0.1, -0.05) is 0 Å². The highest BCUT2D eigenvalue weighted by atomic mass is 15.3. The Morgan fingerprint density at radius 3 is 1.70 bits per heavy atom. The van der Waals surface area contributed by atoms with Gasteiger partial charge in [0.2, 0.25) is 0 Å². The molecule has 1 aromatic rings. The molecule has 0 aromatic carbocycles. The van der Waals surface area contributed by atoms with Crippen LogP contribution in [0.1, 0.15) is 5.69 Å². The summed E-state index contributed by atoms with van der Waals surface area (Å²) in [5, 5.41) is 0. The van der Waals surface area contributed by atoms with E-state index in [-0.39, 0.29) is 0 Å². The second-order valence-corrected chi connectivity index (χ2v) is 2.17. The molecule has 10 heavy (non-hydrogen) atoms. The Kier molecular flexibility index (Phi) is 1.14. The lowest BCUT2D eigenvalue weighted by atomic mass is 10.4. The first-order valence-corrected chi connectivity index (χ1v) is 2.82. The van der Waals surface area contributed by atoms with Crippen molar-refractivity contribution in [3.63, 3.8) is 0 Å². The third-order valence-electron chi connectivity index (χ3n) is 1.58. The molecule has 0 radical (unpaired) electrons. The second kappa shape index (κ2) is 1.73. The summed E-state index contributed by atoms with van der Waals surface area (Å²) in [6.45, 7) is 1.75. The predicted octanol–water partition coefficient (Wildman–Crippen LogP) is -0.743. The van der Waals surface area contributed by atoms with Crippen molar-refractivity contribution >= 4 is 17.2 Å². The highest BCUT2D eigenvalue weighted by Gasteiger charge is 2.10. The molecular weight excluding hydrogens is 130 g/mol. The minimum atomic E-state index is 0.315. The van der Waals surface area contributed by atoms with Crippen LogP contribution in [0.25, 0.3) is 0 Å². The largest absolute Gasteiger partial charge is 0.395 e. The van der Waals surface area contributed by atoms with Crippen molar-refractivity contribution in [1.29, 1.82) is 0 Å². The van der Waals surface area contributed by atoms with Gasteiger partial charge in [0, 0.05) is 0 Å². The maximum Gasteiger partial charge on any atom is 0.147 e. The third kappa shape index (κ3) is 0.570. The van der Waals surface area contributed by atoms with Gasteiger partial charge in [-0.25, -0.2) is 4.68 Å². The van der Waals surface area contributed by atoms with E-state index in [4.69, 9.17) is 23.0 Å². The van der Waals surface area contributed by atoms with Crippen LogP contribution in [0.4, 0.5) is 17.2 Å². The number of rotatable bonds is 0. The molecule has 0 fully saturated rings. The Balaban J connectivity index is 3.44. The Morgan fingerprint density at radius 1 is 1.10 bits per heavy atom. The van der Waals surface area contributed by atoms with Crippen molar-refractivity contribution in [3.8, 4) is 0 Å². The summed E-state index contributed by atoms with van der Waals surface area (Å²) in [4.78, 5) is 0. The number of hydrogen-bond acceptors (Lipinski definition) is 4. The summed E-state index contributed by atoms with van der Waals surface area (Å²) in [5.41, 5.74) is 17.9. The van der Waals surface area contributed by atoms with Gasteiger partial charge in [-0.2, -0.15) is 0 Å². The maximum absolute atomic E-state index is 5.50. The zero-order chi connectivity index (χ0) is 7.89. The third-order valence-corrected chi connectivity index (χ3v) is 1.58. The van der Waals surface area contributed by atoms with E-state index in [1.54, 1.807) is 6.92 Å². The van der Waals surface area contributed by atoms with Crippen LogP contribution < -0.4 is 23.0 Å². The molecule has 5 heteroatoms. The van der Waals surface area contributed by atoms with Gasteiger partial charge in [0.25, 0.3) is 0 Å². The van der Waals surface area contributed by atoms with Gasteiger partial charge in [0.1, 0.15) is 5.82 Å². The Hall–Kier alpha value is -1.52. The van der Waals surface area contributed by atoms with E-state index in [2.05, 4.69) is 0 Å². The number of hydrogen-bond donors (Lipinski definition) is 4. The summed E-state index contributed by atoms with van der Waals surface area (Å²) in [6, 6.07) is 0. The standard InChI is InChI=1S/C5H11N5/c1-2-3(6)4(7)5(8)10(2)9/h6-9H2,1H3. The minimum Gasteiger partial charge on any atom is -0.395 e. The van der Waals surface area contributed by atoms with E-state index in [1.807, 2.05) is 0 Å². The van der Waals surface area contributed by atoms with Crippen molar-refractivity contribution in [1.82, 2.24) is 4.68 Å². The normalized spacial score (nSPS) is 10.1. The zero-order valence-corrected chi connectivity index (χ0v) is 5.76. The van der Waals surface area contributed by atoms with E-state index in [0.717, 1.165) is 0 Å². The fourth-order valence-corrected chi connectivity index (χ4v) is 0.773. The summed E-state index contributed by atoms with van der Waals surface area (Å²) in [6.07, 6.45) is 0. The van der Waals surface area contributed by atoms with E-state index in [0.29, 0.717) is 22.9 Å². The molecule has 5 nitrogen and oxygen atoms in total. The van der Waals surface area contributed by atoms with Gasteiger partial charge in [-0.15, -0.1) is 0 Å². The number of nitrogens with zero attached hydrogens (tertiary/aromatic N) is 1. The molecular formula is C5H11N5. The lowest BCUT2D eigenvalue weighted by Crippen LogP contribution is -2.13. The molecule has 1 heterocycles. The van der Waals surface area contributed by atoms with Crippen LogP contribution in [0.15, 0.2) is 0 Å². The summed E-state index contributed by atoms with van der Waals surface area (Å²) < 4.78 is 1.27. The fourth-order valence-electron chi connectivity index (χ4n) is 0.773. The number of anilines is 3. The molecule has 1 aromatic heterocycles. The van der Waals surface area contributed by atoms with Gasteiger partial charge < -0.3 is 23.0 Å².